The zero-order valence-electron chi connectivity index (χ0n) is 10.7. The normalized spacial score (nSPS) is 10.7. The summed E-state index contributed by atoms with van der Waals surface area (Å²) in [5, 5.41) is 0. The zero-order chi connectivity index (χ0) is 13.8. The predicted molar refractivity (Wildman–Crippen MR) is 75.9 cm³/mol. The lowest BCUT2D eigenvalue weighted by molar-refractivity contribution is 0.627. The van der Waals surface area contributed by atoms with Gasteiger partial charge in [0, 0.05) is 12.1 Å². The van der Waals surface area contributed by atoms with Gasteiger partial charge >= 0.3 is 0 Å². The Morgan fingerprint density at radius 1 is 1.16 bits per heavy atom. The average Bonchev–Trinajstić information content (AvgIpc) is 2.42. The molecule has 4 heteroatoms. The lowest BCUT2D eigenvalue weighted by Crippen LogP contribution is -2.24. The molecule has 2 rings (SSSR count). The van der Waals surface area contributed by atoms with Crippen molar-refractivity contribution in [2.45, 2.75) is 25.8 Å². The van der Waals surface area contributed by atoms with Crippen LogP contribution in [0.2, 0.25) is 0 Å². The van der Waals surface area contributed by atoms with Crippen molar-refractivity contribution in [1.29, 1.82) is 0 Å². The molecule has 0 aliphatic carbocycles. The van der Waals surface area contributed by atoms with Gasteiger partial charge in [0.25, 0.3) is 5.56 Å². The summed E-state index contributed by atoms with van der Waals surface area (Å²) in [5.41, 5.74) is 2.13. The van der Waals surface area contributed by atoms with E-state index in [0.29, 0.717) is 12.1 Å². The lowest BCUT2D eigenvalue weighted by Gasteiger charge is -2.13. The Bertz CT molecular complexity index is 619. The number of halogens is 2. The molecule has 0 radical (unpaired) electrons. The lowest BCUT2D eigenvalue weighted by atomic mass is 10.1. The Kier molecular flexibility index (Phi) is 4.38. The number of hydrogen-bond acceptors (Lipinski definition) is 1. The maximum atomic E-state index is 13.0. The van der Waals surface area contributed by atoms with E-state index in [-0.39, 0.29) is 17.3 Å². The van der Waals surface area contributed by atoms with Crippen molar-refractivity contribution in [3.63, 3.8) is 0 Å². The summed E-state index contributed by atoms with van der Waals surface area (Å²) in [4.78, 5) is 12.3. The molecule has 1 heterocycles. The Hall–Kier alpha value is -1.61. The summed E-state index contributed by atoms with van der Waals surface area (Å²) in [6, 6.07) is 9.74. The Labute approximate surface area is 116 Å². The minimum Gasteiger partial charge on any atom is -0.308 e. The molecule has 0 aliphatic heterocycles. The smallest absolute Gasteiger partial charge is 0.255 e. The number of nitrogens with zero attached hydrogens (tertiary/aromatic N) is 1. The minimum absolute atomic E-state index is 0.0707. The molecule has 0 saturated heterocycles. The summed E-state index contributed by atoms with van der Waals surface area (Å²) in [5.74, 6) is -0.0859. The van der Waals surface area contributed by atoms with E-state index in [1.54, 1.807) is 22.8 Å². The molecule has 0 aliphatic rings. The number of hydrogen-bond donors (Lipinski definition) is 0. The highest BCUT2D eigenvalue weighted by Crippen LogP contribution is 2.19. The minimum atomic E-state index is -0.287. The molecule has 0 atom stereocenters. The van der Waals surface area contributed by atoms with Crippen LogP contribution < -0.4 is 5.56 Å². The Morgan fingerprint density at radius 2 is 1.84 bits per heavy atom. The van der Waals surface area contributed by atoms with Gasteiger partial charge in [-0.1, -0.05) is 13.0 Å². The van der Waals surface area contributed by atoms with E-state index in [1.807, 2.05) is 13.0 Å². The second-order valence-electron chi connectivity index (χ2n) is 4.34. The van der Waals surface area contributed by atoms with Gasteiger partial charge < -0.3 is 4.57 Å². The SMILES string of the molecule is CCCn1c(-c2ccc(F)cc2)ccc(CCl)c1=O. The molecule has 0 unspecified atom stereocenters. The van der Waals surface area contributed by atoms with Crippen LogP contribution in [0.15, 0.2) is 41.2 Å². The van der Waals surface area contributed by atoms with Crippen molar-refractivity contribution in [1.82, 2.24) is 4.57 Å². The zero-order valence-corrected chi connectivity index (χ0v) is 11.5. The molecule has 2 aromatic rings. The van der Waals surface area contributed by atoms with Crippen LogP contribution in [-0.4, -0.2) is 4.57 Å². The number of pyridine rings is 1. The van der Waals surface area contributed by atoms with Gasteiger partial charge in [0.2, 0.25) is 0 Å². The number of aromatic nitrogens is 1. The van der Waals surface area contributed by atoms with E-state index in [9.17, 15) is 9.18 Å². The van der Waals surface area contributed by atoms with Crippen LogP contribution >= 0.6 is 11.6 Å². The van der Waals surface area contributed by atoms with Crippen LogP contribution in [0.5, 0.6) is 0 Å². The molecular weight excluding hydrogens is 265 g/mol. The topological polar surface area (TPSA) is 22.0 Å². The molecule has 0 spiro atoms. The van der Waals surface area contributed by atoms with Crippen LogP contribution in [0.3, 0.4) is 0 Å². The molecule has 2 nitrogen and oxygen atoms in total. The second kappa shape index (κ2) is 6.02. The maximum Gasteiger partial charge on any atom is 0.255 e. The van der Waals surface area contributed by atoms with Gasteiger partial charge in [-0.2, -0.15) is 0 Å². The van der Waals surface area contributed by atoms with Crippen molar-refractivity contribution in [3.8, 4) is 11.3 Å². The molecule has 0 amide bonds. The van der Waals surface area contributed by atoms with Crippen LogP contribution in [0.25, 0.3) is 11.3 Å². The van der Waals surface area contributed by atoms with Crippen molar-refractivity contribution in [2.75, 3.05) is 0 Å². The van der Waals surface area contributed by atoms with E-state index < -0.39 is 0 Å². The first kappa shape index (κ1) is 13.8. The van der Waals surface area contributed by atoms with E-state index >= 15 is 0 Å². The molecule has 0 N–H and O–H groups in total. The van der Waals surface area contributed by atoms with Gasteiger partial charge in [0.05, 0.1) is 11.6 Å². The second-order valence-corrected chi connectivity index (χ2v) is 4.61. The quantitative estimate of drug-likeness (QED) is 0.780. The molecule has 19 heavy (non-hydrogen) atoms. The van der Waals surface area contributed by atoms with Crippen molar-refractivity contribution in [2.24, 2.45) is 0 Å². The summed E-state index contributed by atoms with van der Waals surface area (Å²) in [6.07, 6.45) is 0.847. The third kappa shape index (κ3) is 2.87. The molecule has 0 fully saturated rings. The van der Waals surface area contributed by atoms with Gasteiger partial charge in [0.15, 0.2) is 0 Å². The largest absolute Gasteiger partial charge is 0.308 e. The van der Waals surface area contributed by atoms with Gasteiger partial charge in [-0.05, 0) is 42.3 Å². The van der Waals surface area contributed by atoms with Crippen LogP contribution in [-0.2, 0) is 12.4 Å². The highest BCUT2D eigenvalue weighted by atomic mass is 35.5. The fourth-order valence-electron chi connectivity index (χ4n) is 2.04. The molecule has 1 aromatic carbocycles. The Morgan fingerprint density at radius 3 is 2.42 bits per heavy atom. The maximum absolute atomic E-state index is 13.0. The van der Waals surface area contributed by atoms with Gasteiger partial charge in [-0.15, -0.1) is 11.6 Å². The first-order chi connectivity index (χ1) is 9.17. The van der Waals surface area contributed by atoms with Crippen LogP contribution in [0.4, 0.5) is 4.39 Å². The Balaban J connectivity index is 2.59. The summed E-state index contributed by atoms with van der Waals surface area (Å²) < 4.78 is 14.7. The van der Waals surface area contributed by atoms with E-state index in [1.165, 1.54) is 12.1 Å². The highest BCUT2D eigenvalue weighted by Gasteiger charge is 2.09. The highest BCUT2D eigenvalue weighted by molar-refractivity contribution is 6.17. The predicted octanol–water partition coefficient (Wildman–Crippen LogP) is 3.80. The summed E-state index contributed by atoms with van der Waals surface area (Å²) in [7, 11) is 0. The summed E-state index contributed by atoms with van der Waals surface area (Å²) in [6.45, 7) is 2.63. The molecule has 0 saturated carbocycles. The van der Waals surface area contributed by atoms with Crippen LogP contribution in [0, 0.1) is 5.82 Å². The van der Waals surface area contributed by atoms with Gasteiger partial charge in [0.1, 0.15) is 5.82 Å². The van der Waals surface area contributed by atoms with Crippen molar-refractivity contribution >= 4 is 11.6 Å². The number of benzene rings is 1. The van der Waals surface area contributed by atoms with E-state index in [0.717, 1.165) is 17.7 Å². The van der Waals surface area contributed by atoms with Gasteiger partial charge in [-0.3, -0.25) is 4.79 Å². The molecule has 0 bridgehead atoms. The monoisotopic (exact) mass is 279 g/mol. The van der Waals surface area contributed by atoms with E-state index in [2.05, 4.69) is 0 Å². The molecule has 100 valence electrons. The standard InChI is InChI=1S/C15H15ClFNO/c1-2-9-18-14(8-5-12(10-16)15(18)19)11-3-6-13(17)7-4-11/h3-8H,2,9-10H2,1H3. The third-order valence-electron chi connectivity index (χ3n) is 2.98. The number of rotatable bonds is 4. The average molecular weight is 280 g/mol. The first-order valence-corrected chi connectivity index (χ1v) is 6.75. The molecule has 1 aromatic heterocycles. The van der Waals surface area contributed by atoms with Gasteiger partial charge in [-0.25, -0.2) is 4.39 Å². The first-order valence-electron chi connectivity index (χ1n) is 6.22. The fourth-order valence-corrected chi connectivity index (χ4v) is 2.25. The van der Waals surface area contributed by atoms with E-state index in [4.69, 9.17) is 11.6 Å². The molecular formula is C15H15ClFNO. The van der Waals surface area contributed by atoms with Crippen molar-refractivity contribution < 1.29 is 4.39 Å². The summed E-state index contributed by atoms with van der Waals surface area (Å²) >= 11 is 5.76. The number of alkyl halides is 1. The van der Waals surface area contributed by atoms with Crippen molar-refractivity contribution in [3.05, 3.63) is 58.1 Å². The van der Waals surface area contributed by atoms with Crippen LogP contribution in [0.1, 0.15) is 18.9 Å². The third-order valence-corrected chi connectivity index (χ3v) is 3.27. The fraction of sp³-hybridized carbons (Fsp3) is 0.267.